The van der Waals surface area contributed by atoms with Gasteiger partial charge in [-0.1, -0.05) is 26.7 Å². The molecule has 2 nitrogen and oxygen atoms in total. The van der Waals surface area contributed by atoms with Gasteiger partial charge in [0.1, 0.15) is 0 Å². The molecule has 3 heteroatoms. The van der Waals surface area contributed by atoms with E-state index in [2.05, 4.69) is 18.1 Å². The first-order chi connectivity index (χ1) is 4.77. The summed E-state index contributed by atoms with van der Waals surface area (Å²) in [5, 5.41) is 3.06. The summed E-state index contributed by atoms with van der Waals surface area (Å²) in [4.78, 5) is 0. The Kier molecular flexibility index (Phi) is 15.5. The summed E-state index contributed by atoms with van der Waals surface area (Å²) in [7, 11) is 3.91. The first-order valence-corrected chi connectivity index (χ1v) is 4.22. The minimum absolute atomic E-state index is 1.05. The quantitative estimate of drug-likeness (QED) is 0.482. The van der Waals surface area contributed by atoms with Crippen molar-refractivity contribution in [2.24, 2.45) is 0 Å². The van der Waals surface area contributed by atoms with E-state index in [0.29, 0.717) is 0 Å². The van der Waals surface area contributed by atoms with Gasteiger partial charge in [-0.15, -0.1) is 0 Å². The highest BCUT2D eigenvalue weighted by Crippen LogP contribution is 1.87. The Morgan fingerprint density at radius 1 is 1.40 bits per heavy atom. The van der Waals surface area contributed by atoms with Gasteiger partial charge in [-0.25, -0.2) is 0 Å². The zero-order valence-corrected chi connectivity index (χ0v) is 8.41. The Bertz CT molecular complexity index is 48.9. The summed E-state index contributed by atoms with van der Waals surface area (Å²) in [6.45, 7) is 6.12. The maximum atomic E-state index is 4.08. The molecule has 0 aromatic heterocycles. The van der Waals surface area contributed by atoms with Crippen LogP contribution in [-0.4, -0.2) is 31.5 Å². The summed E-state index contributed by atoms with van der Waals surface area (Å²) in [6, 6.07) is 0. The molecular weight excluding hydrogens is 144 g/mol. The Morgan fingerprint density at radius 3 is 2.20 bits per heavy atom. The Hall–Kier alpha value is 0.270. The van der Waals surface area contributed by atoms with Crippen molar-refractivity contribution in [2.75, 3.05) is 27.2 Å². The van der Waals surface area contributed by atoms with Crippen LogP contribution in [0.2, 0.25) is 0 Å². The third kappa shape index (κ3) is 15.7. The summed E-state index contributed by atoms with van der Waals surface area (Å²) >= 11 is 4.08. The topological polar surface area (TPSA) is 15.3 Å². The van der Waals surface area contributed by atoms with E-state index in [9.17, 15) is 0 Å². The number of nitrogens with one attached hydrogen (secondary N) is 1. The molecule has 0 aliphatic heterocycles. The third-order valence-corrected chi connectivity index (χ3v) is 1.11. The van der Waals surface area contributed by atoms with Crippen LogP contribution >= 0.6 is 12.8 Å². The molecule has 0 fully saturated rings. The second kappa shape index (κ2) is 12.0. The average Bonchev–Trinajstić information content (AvgIpc) is 1.92. The lowest BCUT2D eigenvalue weighted by Crippen LogP contribution is -2.14. The summed E-state index contributed by atoms with van der Waals surface area (Å²) in [5.41, 5.74) is 0. The van der Waals surface area contributed by atoms with Crippen molar-refractivity contribution in [3.05, 3.63) is 0 Å². The van der Waals surface area contributed by atoms with Crippen molar-refractivity contribution in [3.63, 3.8) is 0 Å². The van der Waals surface area contributed by atoms with E-state index in [-0.39, 0.29) is 0 Å². The highest BCUT2D eigenvalue weighted by molar-refractivity contribution is 7.77. The summed E-state index contributed by atoms with van der Waals surface area (Å²) in [5.74, 6) is 0. The van der Waals surface area contributed by atoms with Gasteiger partial charge in [0.15, 0.2) is 0 Å². The van der Waals surface area contributed by atoms with Crippen LogP contribution in [0.15, 0.2) is 0 Å². The molecule has 0 rings (SSSR count). The SMILES string of the molecule is CC.CNCCCN(C)S. The van der Waals surface area contributed by atoms with Crippen LogP contribution in [0.4, 0.5) is 0 Å². The molecule has 1 N–H and O–H groups in total. The standard InChI is InChI=1S/C5H14N2S.C2H6/c1-6-4-3-5-7(2)8;1-2/h6,8H,3-5H2,1-2H3;1-2H3. The number of hydrogen-bond donors (Lipinski definition) is 2. The van der Waals surface area contributed by atoms with Crippen LogP contribution < -0.4 is 5.32 Å². The minimum Gasteiger partial charge on any atom is -0.320 e. The van der Waals surface area contributed by atoms with Gasteiger partial charge in [0.2, 0.25) is 0 Å². The smallest absolute Gasteiger partial charge is 0.00959 e. The van der Waals surface area contributed by atoms with Crippen LogP contribution in [0.1, 0.15) is 20.3 Å². The maximum Gasteiger partial charge on any atom is 0.00959 e. The average molecular weight is 164 g/mol. The largest absolute Gasteiger partial charge is 0.320 e. The van der Waals surface area contributed by atoms with E-state index in [1.165, 1.54) is 0 Å². The van der Waals surface area contributed by atoms with E-state index in [4.69, 9.17) is 0 Å². The van der Waals surface area contributed by atoms with Crippen LogP contribution in [-0.2, 0) is 0 Å². The van der Waals surface area contributed by atoms with Gasteiger partial charge >= 0.3 is 0 Å². The molecule has 0 radical (unpaired) electrons. The molecule has 10 heavy (non-hydrogen) atoms. The molecule has 64 valence electrons. The van der Waals surface area contributed by atoms with Gasteiger partial charge in [-0.2, -0.15) is 0 Å². The summed E-state index contributed by atoms with van der Waals surface area (Å²) in [6.07, 6.45) is 1.16. The number of thiol groups is 1. The molecule has 0 aromatic rings. The van der Waals surface area contributed by atoms with Gasteiger partial charge in [-0.3, -0.25) is 4.31 Å². The van der Waals surface area contributed by atoms with Crippen LogP contribution in [0.3, 0.4) is 0 Å². The molecule has 0 atom stereocenters. The third-order valence-electron chi connectivity index (χ3n) is 0.908. The van der Waals surface area contributed by atoms with Crippen molar-refractivity contribution in [1.29, 1.82) is 0 Å². The molecule has 0 heterocycles. The zero-order valence-electron chi connectivity index (χ0n) is 7.52. The molecule has 0 saturated carbocycles. The molecule has 0 aliphatic carbocycles. The van der Waals surface area contributed by atoms with Crippen LogP contribution in [0.25, 0.3) is 0 Å². The molecule has 0 unspecified atom stereocenters. The lowest BCUT2D eigenvalue weighted by atomic mass is 10.4. The number of nitrogens with zero attached hydrogens (tertiary/aromatic N) is 1. The zero-order chi connectivity index (χ0) is 8.41. The van der Waals surface area contributed by atoms with E-state index in [0.717, 1.165) is 19.5 Å². The van der Waals surface area contributed by atoms with Gasteiger partial charge in [0, 0.05) is 6.54 Å². The molecule has 0 aliphatic rings. The highest BCUT2D eigenvalue weighted by Gasteiger charge is 1.86. The van der Waals surface area contributed by atoms with Crippen molar-refractivity contribution in [1.82, 2.24) is 9.62 Å². The molecule has 0 spiro atoms. The Balaban J connectivity index is 0. The predicted octanol–water partition coefficient (Wildman–Crippen LogP) is 1.40. The fourth-order valence-corrected chi connectivity index (χ4v) is 0.626. The fourth-order valence-electron chi connectivity index (χ4n) is 0.485. The van der Waals surface area contributed by atoms with Crippen molar-refractivity contribution in [2.45, 2.75) is 20.3 Å². The van der Waals surface area contributed by atoms with Crippen molar-refractivity contribution in [3.8, 4) is 0 Å². The van der Waals surface area contributed by atoms with Gasteiger partial charge in [-0.05, 0) is 27.1 Å². The van der Waals surface area contributed by atoms with Gasteiger partial charge in [0.25, 0.3) is 0 Å². The second-order valence-electron chi connectivity index (χ2n) is 1.84. The van der Waals surface area contributed by atoms with Crippen LogP contribution in [0.5, 0.6) is 0 Å². The molecule has 0 saturated heterocycles. The minimum atomic E-state index is 1.05. The first kappa shape index (κ1) is 12.9. The van der Waals surface area contributed by atoms with Crippen LogP contribution in [0, 0.1) is 0 Å². The number of rotatable bonds is 4. The van der Waals surface area contributed by atoms with E-state index >= 15 is 0 Å². The first-order valence-electron chi connectivity index (χ1n) is 3.82. The van der Waals surface area contributed by atoms with E-state index in [1.54, 1.807) is 0 Å². The lowest BCUT2D eigenvalue weighted by Gasteiger charge is -2.05. The number of hydrogen-bond acceptors (Lipinski definition) is 3. The van der Waals surface area contributed by atoms with Crippen molar-refractivity contribution < 1.29 is 0 Å². The van der Waals surface area contributed by atoms with Gasteiger partial charge in [0.05, 0.1) is 0 Å². The Morgan fingerprint density at radius 2 is 1.90 bits per heavy atom. The van der Waals surface area contributed by atoms with Crippen molar-refractivity contribution >= 4 is 12.8 Å². The lowest BCUT2D eigenvalue weighted by molar-refractivity contribution is 0.537. The fraction of sp³-hybridized carbons (Fsp3) is 1.00. The van der Waals surface area contributed by atoms with E-state index in [1.807, 2.05) is 32.2 Å². The predicted molar refractivity (Wildman–Crippen MR) is 51.5 cm³/mol. The highest BCUT2D eigenvalue weighted by atomic mass is 32.1. The maximum absolute atomic E-state index is 4.08. The molecular formula is C7H20N2S. The normalized spacial score (nSPS) is 9.00. The Labute approximate surface area is 70.5 Å². The monoisotopic (exact) mass is 164 g/mol. The summed E-state index contributed by atoms with van der Waals surface area (Å²) < 4.78 is 1.89. The molecule has 0 aromatic carbocycles. The van der Waals surface area contributed by atoms with E-state index < -0.39 is 0 Å². The molecule has 0 amide bonds. The molecule has 0 bridgehead atoms. The van der Waals surface area contributed by atoms with Gasteiger partial charge < -0.3 is 5.32 Å². The second-order valence-corrected chi connectivity index (χ2v) is 2.52.